The van der Waals surface area contributed by atoms with Crippen LogP contribution in [-0.4, -0.2) is 24.9 Å². The maximum atomic E-state index is 13.9. The summed E-state index contributed by atoms with van der Waals surface area (Å²) in [5, 5.41) is 0. The van der Waals surface area contributed by atoms with Crippen LogP contribution in [0.15, 0.2) is 48.5 Å². The van der Waals surface area contributed by atoms with Gasteiger partial charge in [-0.25, -0.2) is 9.18 Å². The molecule has 2 aromatic carbocycles. The number of ether oxygens (including phenoxy) is 2. The van der Waals surface area contributed by atoms with E-state index in [4.69, 9.17) is 9.47 Å². The van der Waals surface area contributed by atoms with Gasteiger partial charge in [0.1, 0.15) is 11.9 Å². The maximum Gasteiger partial charge on any atom is 0.340 e. The summed E-state index contributed by atoms with van der Waals surface area (Å²) in [4.78, 5) is 11.9. The van der Waals surface area contributed by atoms with E-state index in [2.05, 4.69) is 55.5 Å². The Balaban J connectivity index is 1.36. The van der Waals surface area contributed by atoms with Crippen LogP contribution in [0.1, 0.15) is 96.5 Å². The summed E-state index contributed by atoms with van der Waals surface area (Å²) in [5.41, 5.74) is 3.79. The molecule has 1 atom stereocenters. The van der Waals surface area contributed by atoms with E-state index in [9.17, 15) is 9.18 Å². The number of hydrogen-bond acceptors (Lipinski definition) is 3. The predicted molar refractivity (Wildman–Crippen MR) is 146 cm³/mol. The molecule has 36 heavy (non-hydrogen) atoms. The number of benzene rings is 2. The summed E-state index contributed by atoms with van der Waals surface area (Å²) in [5.74, 6) is 0.935. The van der Waals surface area contributed by atoms with Crippen LogP contribution in [0.4, 0.5) is 4.39 Å². The molecule has 0 unspecified atom stereocenters. The van der Waals surface area contributed by atoms with Crippen molar-refractivity contribution in [3.05, 3.63) is 54.1 Å². The summed E-state index contributed by atoms with van der Waals surface area (Å²) in [6.45, 7) is 5.01. The zero-order chi connectivity index (χ0) is 25.6. The smallest absolute Gasteiger partial charge is 0.340 e. The van der Waals surface area contributed by atoms with Crippen LogP contribution in [0.5, 0.6) is 5.75 Å². The number of alkyl halides is 1. The highest BCUT2D eigenvalue weighted by Gasteiger charge is 2.27. The second-order valence-corrected chi connectivity index (χ2v) is 10.4. The van der Waals surface area contributed by atoms with Gasteiger partial charge < -0.3 is 9.47 Å². The molecule has 0 spiro atoms. The van der Waals surface area contributed by atoms with Crippen molar-refractivity contribution in [1.29, 1.82) is 0 Å². The normalized spacial score (nSPS) is 18.5. The summed E-state index contributed by atoms with van der Waals surface area (Å²) < 4.78 is 25.2. The van der Waals surface area contributed by atoms with E-state index in [1.165, 1.54) is 36.0 Å². The number of unbranched alkanes of at least 4 members (excludes halogenated alkanes) is 4. The van der Waals surface area contributed by atoms with Crippen LogP contribution in [0, 0.1) is 5.92 Å². The first-order valence-electron chi connectivity index (χ1n) is 14.3. The van der Waals surface area contributed by atoms with E-state index in [1.54, 1.807) is 0 Å². The number of esters is 1. The quantitative estimate of drug-likeness (QED) is 0.182. The molecule has 0 bridgehead atoms. The molecule has 1 fully saturated rings. The lowest BCUT2D eigenvalue weighted by molar-refractivity contribution is -0.157. The fourth-order valence-electron chi connectivity index (χ4n) is 4.97. The molecule has 1 aliphatic rings. The number of halogens is 1. The van der Waals surface area contributed by atoms with Crippen LogP contribution in [0.3, 0.4) is 0 Å². The van der Waals surface area contributed by atoms with Gasteiger partial charge in [0.25, 0.3) is 0 Å². The Kier molecular flexibility index (Phi) is 12.3. The Morgan fingerprint density at radius 1 is 0.861 bits per heavy atom. The minimum Gasteiger partial charge on any atom is -0.494 e. The van der Waals surface area contributed by atoms with Gasteiger partial charge >= 0.3 is 5.97 Å². The van der Waals surface area contributed by atoms with Gasteiger partial charge in [0, 0.05) is 0 Å². The second kappa shape index (κ2) is 15.7. The first-order valence-corrected chi connectivity index (χ1v) is 14.3. The monoisotopic (exact) mass is 496 g/mol. The average Bonchev–Trinajstić information content (AvgIpc) is 2.92. The van der Waals surface area contributed by atoms with Crippen molar-refractivity contribution in [3.8, 4) is 16.9 Å². The summed E-state index contributed by atoms with van der Waals surface area (Å²) in [6, 6.07) is 17.3. The highest BCUT2D eigenvalue weighted by molar-refractivity contribution is 5.74. The van der Waals surface area contributed by atoms with Crippen molar-refractivity contribution < 1.29 is 18.7 Å². The van der Waals surface area contributed by atoms with Crippen LogP contribution >= 0.6 is 0 Å². The zero-order valence-corrected chi connectivity index (χ0v) is 22.4. The maximum absolute atomic E-state index is 13.9. The first-order chi connectivity index (χ1) is 17.6. The van der Waals surface area contributed by atoms with Crippen molar-refractivity contribution in [2.75, 3.05) is 6.61 Å². The third-order valence-electron chi connectivity index (χ3n) is 7.39. The topological polar surface area (TPSA) is 35.5 Å². The van der Waals surface area contributed by atoms with Gasteiger partial charge in [0.15, 0.2) is 6.17 Å². The average molecular weight is 497 g/mol. The van der Waals surface area contributed by atoms with E-state index in [0.29, 0.717) is 5.92 Å². The number of aryl methyl sites for hydroxylation is 1. The Morgan fingerprint density at radius 3 is 2.14 bits per heavy atom. The third kappa shape index (κ3) is 9.59. The van der Waals surface area contributed by atoms with Gasteiger partial charge in [-0.15, -0.1) is 0 Å². The Bertz CT molecular complexity index is 869. The van der Waals surface area contributed by atoms with E-state index in [-0.39, 0.29) is 12.5 Å². The molecule has 2 aromatic rings. The van der Waals surface area contributed by atoms with Crippen molar-refractivity contribution in [2.24, 2.45) is 5.92 Å². The Hall–Kier alpha value is -2.36. The van der Waals surface area contributed by atoms with E-state index in [0.717, 1.165) is 70.1 Å². The minimum atomic E-state index is -1.46. The molecular formula is C32H45FO3. The molecule has 0 saturated heterocycles. The highest BCUT2D eigenvalue weighted by Crippen LogP contribution is 2.30. The van der Waals surface area contributed by atoms with E-state index < -0.39 is 12.1 Å². The van der Waals surface area contributed by atoms with Gasteiger partial charge in [0.05, 0.1) is 6.61 Å². The van der Waals surface area contributed by atoms with Gasteiger partial charge in [0.2, 0.25) is 0 Å². The fraction of sp³-hybridized carbons (Fsp3) is 0.594. The molecule has 198 valence electrons. The summed E-state index contributed by atoms with van der Waals surface area (Å²) >= 11 is 0. The molecule has 0 N–H and O–H groups in total. The SMILES string of the molecule is CCCCCCOc1ccc(-c2ccc(CCC3CCC(OC(=O)[C@@H](F)CCCC)CC3)cc2)cc1. The summed E-state index contributed by atoms with van der Waals surface area (Å²) in [6.07, 6.45) is 11.2. The van der Waals surface area contributed by atoms with Crippen molar-refractivity contribution in [2.45, 2.75) is 110 Å². The number of carbonyl (C=O) groups is 1. The van der Waals surface area contributed by atoms with Crippen molar-refractivity contribution in [1.82, 2.24) is 0 Å². The lowest BCUT2D eigenvalue weighted by Crippen LogP contribution is -2.29. The van der Waals surface area contributed by atoms with E-state index in [1.807, 2.05) is 6.92 Å². The van der Waals surface area contributed by atoms with Gasteiger partial charge in [-0.1, -0.05) is 82.3 Å². The van der Waals surface area contributed by atoms with E-state index >= 15 is 0 Å². The van der Waals surface area contributed by atoms with Gasteiger partial charge in [-0.2, -0.15) is 0 Å². The van der Waals surface area contributed by atoms with Gasteiger partial charge in [-0.3, -0.25) is 0 Å². The van der Waals surface area contributed by atoms with Crippen molar-refractivity contribution in [3.63, 3.8) is 0 Å². The molecule has 0 aromatic heterocycles. The lowest BCUT2D eigenvalue weighted by atomic mass is 9.83. The minimum absolute atomic E-state index is 0.106. The molecule has 4 heteroatoms. The predicted octanol–water partition coefficient (Wildman–Crippen LogP) is 8.88. The molecule has 3 nitrogen and oxygen atoms in total. The molecule has 0 aliphatic heterocycles. The molecular weight excluding hydrogens is 451 g/mol. The molecule has 0 heterocycles. The standard InChI is InChI=1S/C32H45FO3/c1-3-5-7-8-24-35-29-22-18-28(19-23-29)27-16-12-25(13-17-27)10-11-26-14-20-30(21-15-26)36-32(34)31(33)9-6-4-2/h12-13,16-19,22-23,26,30-31H,3-11,14-15,20-21,24H2,1-2H3/t26?,30?,31-/m0/s1. The van der Waals surface area contributed by atoms with Crippen LogP contribution in [0.25, 0.3) is 11.1 Å². The zero-order valence-electron chi connectivity index (χ0n) is 22.4. The lowest BCUT2D eigenvalue weighted by Gasteiger charge is -2.28. The van der Waals surface area contributed by atoms with Crippen LogP contribution in [0.2, 0.25) is 0 Å². The third-order valence-corrected chi connectivity index (χ3v) is 7.39. The second-order valence-electron chi connectivity index (χ2n) is 10.4. The Labute approximate surface area is 217 Å². The first kappa shape index (κ1) is 28.2. The molecule has 0 amide bonds. The molecule has 0 radical (unpaired) electrons. The largest absolute Gasteiger partial charge is 0.494 e. The van der Waals surface area contributed by atoms with Crippen molar-refractivity contribution >= 4 is 5.97 Å². The number of rotatable bonds is 15. The highest BCUT2D eigenvalue weighted by atomic mass is 19.1. The number of hydrogen-bond donors (Lipinski definition) is 0. The molecule has 1 aliphatic carbocycles. The van der Waals surface area contributed by atoms with Crippen LogP contribution in [-0.2, 0) is 16.0 Å². The molecule has 1 saturated carbocycles. The molecule has 3 rings (SSSR count). The number of carbonyl (C=O) groups excluding carboxylic acids is 1. The Morgan fingerprint density at radius 2 is 1.50 bits per heavy atom. The van der Waals surface area contributed by atoms with Gasteiger partial charge in [-0.05, 0) is 86.1 Å². The van der Waals surface area contributed by atoms with Crippen LogP contribution < -0.4 is 4.74 Å². The summed E-state index contributed by atoms with van der Waals surface area (Å²) in [7, 11) is 0. The fourth-order valence-corrected chi connectivity index (χ4v) is 4.97.